The maximum Gasteiger partial charge on any atom is 0.263 e. The zero-order chi connectivity index (χ0) is 21.5. The van der Waals surface area contributed by atoms with E-state index in [0.717, 1.165) is 25.9 Å². The molecule has 0 amide bonds. The van der Waals surface area contributed by atoms with Gasteiger partial charge < -0.3 is 5.32 Å². The number of nitrogens with one attached hydrogen (secondary N) is 2. The van der Waals surface area contributed by atoms with Gasteiger partial charge in [-0.3, -0.25) is 14.7 Å². The molecule has 1 aliphatic heterocycles. The quantitative estimate of drug-likeness (QED) is 0.639. The molecule has 30 heavy (non-hydrogen) atoms. The molecule has 0 saturated carbocycles. The number of halogens is 2. The normalized spacial score (nSPS) is 16.3. The van der Waals surface area contributed by atoms with Crippen LogP contribution in [0.4, 0.5) is 10.3 Å². The van der Waals surface area contributed by atoms with Gasteiger partial charge in [0.15, 0.2) is 5.65 Å². The number of hydrogen-bond acceptors (Lipinski definition) is 5. The Kier molecular flexibility index (Phi) is 5.55. The first-order chi connectivity index (χ1) is 14.3. The summed E-state index contributed by atoms with van der Waals surface area (Å²) in [6, 6.07) is 4.47. The molecule has 0 spiro atoms. The van der Waals surface area contributed by atoms with E-state index in [1.165, 1.54) is 12.3 Å². The summed E-state index contributed by atoms with van der Waals surface area (Å²) in [5, 5.41) is 8.36. The van der Waals surface area contributed by atoms with Gasteiger partial charge >= 0.3 is 0 Å². The SMILES string of the molecule is CC(C)(C)n1ncc2c(=O)[nH]c(NCC(c3c(F)cccc3Cl)N3CCCC3)nc21. The van der Waals surface area contributed by atoms with Crippen LogP contribution in [0.25, 0.3) is 11.0 Å². The van der Waals surface area contributed by atoms with Gasteiger partial charge in [0.1, 0.15) is 11.2 Å². The predicted molar refractivity (Wildman–Crippen MR) is 117 cm³/mol. The second-order valence-corrected chi connectivity index (χ2v) is 9.06. The molecule has 1 aliphatic rings. The van der Waals surface area contributed by atoms with E-state index in [2.05, 4.69) is 25.3 Å². The van der Waals surface area contributed by atoms with E-state index in [-0.39, 0.29) is 23.0 Å². The summed E-state index contributed by atoms with van der Waals surface area (Å²) in [4.78, 5) is 22.1. The minimum Gasteiger partial charge on any atom is -0.354 e. The van der Waals surface area contributed by atoms with Crippen LogP contribution >= 0.6 is 11.6 Å². The number of hydrogen-bond donors (Lipinski definition) is 2. The minimum absolute atomic E-state index is 0.264. The van der Waals surface area contributed by atoms with Crippen LogP contribution in [0, 0.1) is 5.82 Å². The maximum absolute atomic E-state index is 14.7. The van der Waals surface area contributed by atoms with Crippen molar-refractivity contribution in [2.45, 2.75) is 45.2 Å². The molecule has 3 aromatic rings. The Balaban J connectivity index is 1.67. The van der Waals surface area contributed by atoms with Crippen molar-refractivity contribution in [1.29, 1.82) is 0 Å². The smallest absolute Gasteiger partial charge is 0.263 e. The zero-order valence-electron chi connectivity index (χ0n) is 17.4. The molecule has 9 heteroatoms. The number of H-pyrrole nitrogens is 1. The van der Waals surface area contributed by atoms with Crippen molar-refractivity contribution in [2.24, 2.45) is 0 Å². The number of aromatic amines is 1. The Morgan fingerprint density at radius 2 is 2.03 bits per heavy atom. The van der Waals surface area contributed by atoms with E-state index in [9.17, 15) is 9.18 Å². The number of rotatable bonds is 5. The first-order valence-electron chi connectivity index (χ1n) is 10.2. The van der Waals surface area contributed by atoms with Crippen LogP contribution in [0.3, 0.4) is 0 Å². The molecule has 0 aliphatic carbocycles. The van der Waals surface area contributed by atoms with E-state index in [1.54, 1.807) is 16.8 Å². The molecule has 1 unspecified atom stereocenters. The second-order valence-electron chi connectivity index (χ2n) is 8.65. The van der Waals surface area contributed by atoms with Crippen LogP contribution < -0.4 is 10.9 Å². The molecule has 2 aromatic heterocycles. The number of anilines is 1. The molecule has 1 fully saturated rings. The first-order valence-corrected chi connectivity index (χ1v) is 10.5. The molecule has 1 aromatic carbocycles. The van der Waals surface area contributed by atoms with E-state index >= 15 is 0 Å². The minimum atomic E-state index is -0.330. The Morgan fingerprint density at radius 3 is 2.70 bits per heavy atom. The van der Waals surface area contributed by atoms with Gasteiger partial charge in [0, 0.05) is 17.1 Å². The highest BCUT2D eigenvalue weighted by molar-refractivity contribution is 6.31. The maximum atomic E-state index is 14.7. The average Bonchev–Trinajstić information content (AvgIpc) is 3.33. The standard InChI is InChI=1S/C21H26ClFN6O/c1-21(2,3)29-18-13(11-25-29)19(30)27-20(26-18)24-12-16(28-9-4-5-10-28)17-14(22)7-6-8-15(17)23/h6-8,11,16H,4-5,9-10,12H2,1-3H3,(H2,24,26,27,30). The van der Waals surface area contributed by atoms with Gasteiger partial charge in [-0.15, -0.1) is 0 Å². The lowest BCUT2D eigenvalue weighted by Crippen LogP contribution is -2.32. The van der Waals surface area contributed by atoms with Crippen LogP contribution in [0.2, 0.25) is 5.02 Å². The van der Waals surface area contributed by atoms with Crippen LogP contribution in [0.15, 0.2) is 29.2 Å². The third-order valence-electron chi connectivity index (χ3n) is 5.45. The van der Waals surface area contributed by atoms with E-state index in [4.69, 9.17) is 11.6 Å². The number of fused-ring (bicyclic) bond motifs is 1. The number of benzene rings is 1. The average molecular weight is 433 g/mol. The van der Waals surface area contributed by atoms with Gasteiger partial charge in [-0.25, -0.2) is 9.07 Å². The van der Waals surface area contributed by atoms with Crippen LogP contribution in [-0.4, -0.2) is 44.3 Å². The van der Waals surface area contributed by atoms with Gasteiger partial charge in [-0.1, -0.05) is 17.7 Å². The van der Waals surface area contributed by atoms with Crippen LogP contribution in [-0.2, 0) is 5.54 Å². The lowest BCUT2D eigenvalue weighted by Gasteiger charge is -2.29. The molecule has 1 atom stereocenters. The van der Waals surface area contributed by atoms with Crippen molar-refractivity contribution < 1.29 is 4.39 Å². The summed E-state index contributed by atoms with van der Waals surface area (Å²) in [6.45, 7) is 8.10. The summed E-state index contributed by atoms with van der Waals surface area (Å²) in [5.74, 6) is -0.000859. The molecular weight excluding hydrogens is 407 g/mol. The van der Waals surface area contributed by atoms with Gasteiger partial charge in [0.2, 0.25) is 5.95 Å². The highest BCUT2D eigenvalue weighted by Crippen LogP contribution is 2.32. The summed E-state index contributed by atoms with van der Waals surface area (Å²) in [5.41, 5.74) is 0.394. The Labute approximate surface area is 179 Å². The monoisotopic (exact) mass is 432 g/mol. The van der Waals surface area contributed by atoms with Gasteiger partial charge in [0.25, 0.3) is 5.56 Å². The summed E-state index contributed by atoms with van der Waals surface area (Å²) in [6.07, 6.45) is 3.66. The van der Waals surface area contributed by atoms with Crippen molar-refractivity contribution in [2.75, 3.05) is 25.0 Å². The molecule has 1 saturated heterocycles. The van der Waals surface area contributed by atoms with Crippen molar-refractivity contribution in [3.05, 3.63) is 51.2 Å². The molecule has 2 N–H and O–H groups in total. The molecule has 160 valence electrons. The summed E-state index contributed by atoms with van der Waals surface area (Å²) in [7, 11) is 0. The highest BCUT2D eigenvalue weighted by Gasteiger charge is 2.28. The van der Waals surface area contributed by atoms with Crippen molar-refractivity contribution in [1.82, 2.24) is 24.6 Å². The fourth-order valence-corrected chi connectivity index (χ4v) is 4.27. The van der Waals surface area contributed by atoms with E-state index in [0.29, 0.717) is 34.1 Å². The van der Waals surface area contributed by atoms with Crippen molar-refractivity contribution in [3.8, 4) is 0 Å². The zero-order valence-corrected chi connectivity index (χ0v) is 18.1. The van der Waals surface area contributed by atoms with Crippen LogP contribution in [0.5, 0.6) is 0 Å². The third-order valence-corrected chi connectivity index (χ3v) is 5.78. The number of nitrogens with zero attached hydrogens (tertiary/aromatic N) is 4. The van der Waals surface area contributed by atoms with Crippen molar-refractivity contribution >= 4 is 28.6 Å². The topological polar surface area (TPSA) is 78.8 Å². The number of likely N-dealkylation sites (tertiary alicyclic amines) is 1. The summed E-state index contributed by atoms with van der Waals surface area (Å²) >= 11 is 6.36. The molecule has 0 bridgehead atoms. The third kappa shape index (κ3) is 3.94. The Hall–Kier alpha value is -2.45. The number of aromatic nitrogens is 4. The fourth-order valence-electron chi connectivity index (χ4n) is 3.98. The van der Waals surface area contributed by atoms with E-state index in [1.807, 2.05) is 20.8 Å². The molecule has 4 rings (SSSR count). The highest BCUT2D eigenvalue weighted by atomic mass is 35.5. The van der Waals surface area contributed by atoms with Gasteiger partial charge in [-0.05, 0) is 58.8 Å². The second kappa shape index (κ2) is 8.00. The molecule has 3 heterocycles. The Morgan fingerprint density at radius 1 is 1.30 bits per heavy atom. The largest absolute Gasteiger partial charge is 0.354 e. The first kappa shape index (κ1) is 20.8. The van der Waals surface area contributed by atoms with Crippen LogP contribution in [0.1, 0.15) is 45.2 Å². The van der Waals surface area contributed by atoms with Crippen molar-refractivity contribution in [3.63, 3.8) is 0 Å². The fraction of sp³-hybridized carbons (Fsp3) is 0.476. The molecule has 0 radical (unpaired) electrons. The lowest BCUT2D eigenvalue weighted by molar-refractivity contribution is 0.250. The van der Waals surface area contributed by atoms with Gasteiger partial charge in [0.05, 0.1) is 17.8 Å². The predicted octanol–water partition coefficient (Wildman–Crippen LogP) is 3.92. The molecular formula is C21H26ClFN6O. The van der Waals surface area contributed by atoms with E-state index < -0.39 is 0 Å². The lowest BCUT2D eigenvalue weighted by atomic mass is 10.0. The van der Waals surface area contributed by atoms with Gasteiger partial charge in [-0.2, -0.15) is 10.1 Å². The summed E-state index contributed by atoms with van der Waals surface area (Å²) < 4.78 is 16.4. The molecule has 7 nitrogen and oxygen atoms in total. The Bertz CT molecular complexity index is 1090.